The van der Waals surface area contributed by atoms with Crippen molar-refractivity contribution < 1.29 is 12.8 Å². The Kier molecular flexibility index (Phi) is 4.91. The fourth-order valence-electron chi connectivity index (χ4n) is 3.46. The van der Waals surface area contributed by atoms with Gasteiger partial charge in [0.05, 0.1) is 16.2 Å². The number of hydrogen-bond donors (Lipinski definition) is 2. The Hall–Kier alpha value is -2.71. The molecule has 6 nitrogen and oxygen atoms in total. The van der Waals surface area contributed by atoms with Crippen molar-refractivity contribution in [3.63, 3.8) is 0 Å². The van der Waals surface area contributed by atoms with E-state index in [1.54, 1.807) is 18.2 Å². The molecule has 2 aromatic carbocycles. The third kappa shape index (κ3) is 3.53. The number of pyridine rings is 1. The lowest BCUT2D eigenvalue weighted by atomic mass is 10.1. The van der Waals surface area contributed by atoms with E-state index in [1.807, 2.05) is 23.1 Å². The summed E-state index contributed by atoms with van der Waals surface area (Å²) < 4.78 is 39.0. The zero-order chi connectivity index (χ0) is 19.7. The number of hydrogen-bond acceptors (Lipinski definition) is 6. The van der Waals surface area contributed by atoms with E-state index in [-0.39, 0.29) is 11.6 Å². The highest BCUT2D eigenvalue weighted by Crippen LogP contribution is 2.31. The van der Waals surface area contributed by atoms with Crippen LogP contribution in [0.4, 0.5) is 15.9 Å². The van der Waals surface area contributed by atoms with Gasteiger partial charge in [-0.15, -0.1) is 0 Å². The van der Waals surface area contributed by atoms with Crippen LogP contribution in [0, 0.1) is 5.82 Å². The summed E-state index contributed by atoms with van der Waals surface area (Å²) in [5, 5.41) is 3.89. The second kappa shape index (κ2) is 7.37. The first-order chi connectivity index (χ1) is 13.5. The van der Waals surface area contributed by atoms with Crippen LogP contribution in [0.2, 0.25) is 0 Å². The molecule has 0 amide bonds. The van der Waals surface area contributed by atoms with Crippen LogP contribution < -0.4 is 16.0 Å². The summed E-state index contributed by atoms with van der Waals surface area (Å²) >= 11 is 0. The van der Waals surface area contributed by atoms with E-state index in [0.717, 1.165) is 11.3 Å². The largest absolute Gasteiger partial charge is 0.383 e. The minimum Gasteiger partial charge on any atom is -0.383 e. The van der Waals surface area contributed by atoms with Crippen molar-refractivity contribution in [2.45, 2.75) is 11.4 Å². The van der Waals surface area contributed by atoms with Gasteiger partial charge in [-0.2, -0.15) is 0 Å². The zero-order valence-corrected chi connectivity index (χ0v) is 16.0. The normalized spacial score (nSPS) is 15.9. The Labute approximate surface area is 163 Å². The molecule has 146 valence electrons. The van der Waals surface area contributed by atoms with Gasteiger partial charge in [-0.1, -0.05) is 18.2 Å². The standard InChI is InChI=1S/C20H21FN4O2S/c21-15-5-6-17-16(11-15)18(23-8-7-22)12-20(24-17)25-9-10-28(26,27)19-4-2-1-3-14(19)13-25/h1-6,11-12H,7-10,13,22H2,(H,23,24). The van der Waals surface area contributed by atoms with E-state index >= 15 is 0 Å². The molecular weight excluding hydrogens is 379 g/mol. The molecule has 8 heteroatoms. The van der Waals surface area contributed by atoms with E-state index < -0.39 is 9.84 Å². The number of fused-ring (bicyclic) bond motifs is 2. The summed E-state index contributed by atoms with van der Waals surface area (Å²) in [7, 11) is -3.34. The van der Waals surface area contributed by atoms with Crippen LogP contribution in [0.5, 0.6) is 0 Å². The maximum atomic E-state index is 13.7. The first kappa shape index (κ1) is 18.6. The van der Waals surface area contributed by atoms with E-state index in [2.05, 4.69) is 10.3 Å². The number of nitrogens with zero attached hydrogens (tertiary/aromatic N) is 2. The van der Waals surface area contributed by atoms with Gasteiger partial charge in [-0.25, -0.2) is 17.8 Å². The molecule has 0 spiro atoms. The molecule has 28 heavy (non-hydrogen) atoms. The van der Waals surface area contributed by atoms with Crippen molar-refractivity contribution in [3.05, 3.63) is 59.9 Å². The molecule has 3 N–H and O–H groups in total. The van der Waals surface area contributed by atoms with Gasteiger partial charge in [0.1, 0.15) is 11.6 Å². The van der Waals surface area contributed by atoms with Gasteiger partial charge in [0.2, 0.25) is 0 Å². The van der Waals surface area contributed by atoms with E-state index in [4.69, 9.17) is 5.73 Å². The van der Waals surface area contributed by atoms with Crippen LogP contribution in [0.1, 0.15) is 5.56 Å². The Morgan fingerprint density at radius 1 is 1.18 bits per heavy atom. The Bertz CT molecular complexity index is 1130. The van der Waals surface area contributed by atoms with E-state index in [0.29, 0.717) is 47.8 Å². The number of halogens is 1. The fourth-order valence-corrected chi connectivity index (χ4v) is 4.96. The van der Waals surface area contributed by atoms with E-state index in [9.17, 15) is 12.8 Å². The summed E-state index contributed by atoms with van der Waals surface area (Å²) in [4.78, 5) is 6.99. The molecule has 1 aromatic heterocycles. The van der Waals surface area contributed by atoms with Gasteiger partial charge in [0, 0.05) is 43.3 Å². The Morgan fingerprint density at radius 3 is 2.82 bits per heavy atom. The third-order valence-electron chi connectivity index (χ3n) is 4.84. The number of nitrogens with one attached hydrogen (secondary N) is 1. The number of benzene rings is 2. The molecule has 0 fully saturated rings. The van der Waals surface area contributed by atoms with Crippen LogP contribution in [0.25, 0.3) is 10.9 Å². The highest BCUT2D eigenvalue weighted by Gasteiger charge is 2.26. The van der Waals surface area contributed by atoms with Crippen molar-refractivity contribution in [1.29, 1.82) is 0 Å². The lowest BCUT2D eigenvalue weighted by molar-refractivity contribution is 0.596. The second-order valence-corrected chi connectivity index (χ2v) is 8.83. The van der Waals surface area contributed by atoms with Crippen molar-refractivity contribution in [3.8, 4) is 0 Å². The average Bonchev–Trinajstić information content (AvgIpc) is 2.82. The Balaban J connectivity index is 1.80. The number of anilines is 2. The molecule has 0 saturated carbocycles. The third-order valence-corrected chi connectivity index (χ3v) is 6.63. The number of nitrogens with two attached hydrogens (primary N) is 1. The lowest BCUT2D eigenvalue weighted by Crippen LogP contribution is -2.26. The highest BCUT2D eigenvalue weighted by molar-refractivity contribution is 7.91. The molecule has 0 unspecified atom stereocenters. The van der Waals surface area contributed by atoms with Crippen LogP contribution in [0.3, 0.4) is 0 Å². The molecule has 2 heterocycles. The highest BCUT2D eigenvalue weighted by atomic mass is 32.2. The quantitative estimate of drug-likeness (QED) is 0.700. The topological polar surface area (TPSA) is 88.3 Å². The molecule has 0 saturated heterocycles. The summed E-state index contributed by atoms with van der Waals surface area (Å²) in [6, 6.07) is 13.3. The Morgan fingerprint density at radius 2 is 2.00 bits per heavy atom. The minimum atomic E-state index is -3.34. The first-order valence-electron chi connectivity index (χ1n) is 9.08. The zero-order valence-electron chi connectivity index (χ0n) is 15.2. The van der Waals surface area contributed by atoms with Crippen LogP contribution in [-0.4, -0.2) is 38.8 Å². The monoisotopic (exact) mass is 400 g/mol. The van der Waals surface area contributed by atoms with Crippen LogP contribution in [0.15, 0.2) is 53.4 Å². The number of aromatic nitrogens is 1. The summed E-state index contributed by atoms with van der Waals surface area (Å²) in [6.07, 6.45) is 0. The lowest BCUT2D eigenvalue weighted by Gasteiger charge is -2.23. The maximum Gasteiger partial charge on any atom is 0.180 e. The molecule has 0 radical (unpaired) electrons. The predicted molar refractivity (Wildman–Crippen MR) is 109 cm³/mol. The molecule has 1 aliphatic heterocycles. The SMILES string of the molecule is NCCNc1cc(N2CCS(=O)(=O)c3ccccc3C2)nc2ccc(F)cc12. The summed E-state index contributed by atoms with van der Waals surface area (Å²) in [6.45, 7) is 1.73. The van der Waals surface area contributed by atoms with Crippen molar-refractivity contribution >= 4 is 32.2 Å². The van der Waals surface area contributed by atoms with E-state index in [1.165, 1.54) is 12.1 Å². The maximum absolute atomic E-state index is 13.7. The summed E-state index contributed by atoms with van der Waals surface area (Å²) in [5.74, 6) is 0.316. The summed E-state index contributed by atoms with van der Waals surface area (Å²) in [5.41, 5.74) is 7.72. The second-order valence-electron chi connectivity index (χ2n) is 6.75. The molecule has 0 aliphatic carbocycles. The molecule has 4 rings (SSSR count). The van der Waals surface area contributed by atoms with Gasteiger partial charge in [-0.3, -0.25) is 0 Å². The van der Waals surface area contributed by atoms with Gasteiger partial charge >= 0.3 is 0 Å². The number of sulfone groups is 1. The molecule has 1 aliphatic rings. The fraction of sp³-hybridized carbons (Fsp3) is 0.250. The predicted octanol–water partition coefficient (Wildman–Crippen LogP) is 2.54. The van der Waals surface area contributed by atoms with Gasteiger partial charge in [0.25, 0.3) is 0 Å². The molecule has 0 bridgehead atoms. The van der Waals surface area contributed by atoms with Crippen molar-refractivity contribution in [1.82, 2.24) is 4.98 Å². The average molecular weight is 400 g/mol. The van der Waals surface area contributed by atoms with Crippen LogP contribution >= 0.6 is 0 Å². The smallest absolute Gasteiger partial charge is 0.180 e. The minimum absolute atomic E-state index is 0.0126. The molecule has 0 atom stereocenters. The van der Waals surface area contributed by atoms with Gasteiger partial charge < -0.3 is 16.0 Å². The first-order valence-corrected chi connectivity index (χ1v) is 10.7. The van der Waals surface area contributed by atoms with Crippen LogP contribution in [-0.2, 0) is 16.4 Å². The van der Waals surface area contributed by atoms with Crippen molar-refractivity contribution in [2.75, 3.05) is 35.6 Å². The van der Waals surface area contributed by atoms with Gasteiger partial charge in [-0.05, 0) is 29.8 Å². The number of rotatable bonds is 4. The molecule has 3 aromatic rings. The van der Waals surface area contributed by atoms with Gasteiger partial charge in [0.15, 0.2) is 9.84 Å². The molecular formula is C20H21FN4O2S. The van der Waals surface area contributed by atoms with Crippen molar-refractivity contribution in [2.24, 2.45) is 5.73 Å².